The second kappa shape index (κ2) is 4.73. The second-order valence-corrected chi connectivity index (χ2v) is 7.13. The number of hydrogen-bond acceptors (Lipinski definition) is 5. The molecule has 0 bridgehead atoms. The van der Waals surface area contributed by atoms with Crippen molar-refractivity contribution in [1.82, 2.24) is 0 Å². The minimum absolute atomic E-state index is 0.0739. The van der Waals surface area contributed by atoms with Gasteiger partial charge in [0.25, 0.3) is 0 Å². The molecule has 0 spiro atoms. The van der Waals surface area contributed by atoms with Gasteiger partial charge in [-0.15, -0.1) is 0 Å². The molecule has 3 unspecified atom stereocenters. The molecule has 1 saturated carbocycles. The molecule has 0 aromatic carbocycles. The van der Waals surface area contributed by atoms with Gasteiger partial charge in [0.2, 0.25) is 6.29 Å². The summed E-state index contributed by atoms with van der Waals surface area (Å²) >= 11 is 0. The van der Waals surface area contributed by atoms with Gasteiger partial charge in [-0.2, -0.15) is 17.2 Å². The van der Waals surface area contributed by atoms with Crippen LogP contribution in [0, 0.1) is 5.92 Å². The largest absolute Gasteiger partial charge is 0.512 e. The van der Waals surface area contributed by atoms with E-state index in [0.717, 1.165) is 0 Å². The monoisotopic (exact) mass is 326 g/mol. The van der Waals surface area contributed by atoms with E-state index in [1.54, 1.807) is 6.92 Å². The summed E-state index contributed by atoms with van der Waals surface area (Å²) in [6, 6.07) is 0. The Morgan fingerprint density at radius 1 is 1.52 bits per heavy atom. The number of ether oxygens (including phenoxy) is 1. The Labute approximate surface area is 120 Å². The number of rotatable bonds is 4. The van der Waals surface area contributed by atoms with Crippen LogP contribution < -0.4 is 0 Å². The average Bonchev–Trinajstić information content (AvgIpc) is 3.04. The quantitative estimate of drug-likeness (QED) is 0.537. The maximum Gasteiger partial charge on any atom is 0.418 e. The molecule has 0 aromatic rings. The van der Waals surface area contributed by atoms with E-state index >= 15 is 0 Å². The summed E-state index contributed by atoms with van der Waals surface area (Å²) in [5.41, 5.74) is 0.0294. The van der Waals surface area contributed by atoms with E-state index in [0.29, 0.717) is 17.6 Å². The van der Waals surface area contributed by atoms with Gasteiger partial charge in [-0.3, -0.25) is 4.55 Å². The lowest BCUT2D eigenvalue weighted by molar-refractivity contribution is -0.237. The molecule has 120 valence electrons. The van der Waals surface area contributed by atoms with Crippen LogP contribution in [0.25, 0.3) is 0 Å². The Morgan fingerprint density at radius 3 is 2.62 bits per heavy atom. The van der Waals surface area contributed by atoms with Crippen molar-refractivity contribution in [1.29, 1.82) is 0 Å². The maximum atomic E-state index is 13.3. The van der Waals surface area contributed by atoms with Crippen LogP contribution in [-0.4, -0.2) is 40.3 Å². The minimum atomic E-state index is -5.80. The zero-order chi connectivity index (χ0) is 16.2. The first-order chi connectivity index (χ1) is 9.37. The first-order valence-corrected chi connectivity index (χ1v) is 7.66. The molecule has 2 rings (SSSR count). The number of allylic oxidation sites excluding steroid dienone is 3. The fourth-order valence-corrected chi connectivity index (χ4v) is 2.81. The normalized spacial score (nSPS) is 31.3. The standard InChI is InChI=1S/C12H16F2O6S/c1-6-4-11(2,5-7-3-8(7)9(6)15)20-10(16)12(13,14)21(17,18)19/h5-6,10,15-16H,3-4H2,1-2H3,(H,17,18,19). The third kappa shape index (κ3) is 2.96. The van der Waals surface area contributed by atoms with Gasteiger partial charge in [-0.1, -0.05) is 6.92 Å². The molecular formula is C12H16F2O6S. The molecule has 0 heterocycles. The first-order valence-electron chi connectivity index (χ1n) is 6.22. The predicted molar refractivity (Wildman–Crippen MR) is 68.1 cm³/mol. The van der Waals surface area contributed by atoms with Crippen molar-refractivity contribution in [3.8, 4) is 0 Å². The molecule has 1 fully saturated rings. The van der Waals surface area contributed by atoms with E-state index in [1.165, 1.54) is 13.0 Å². The maximum absolute atomic E-state index is 13.3. The summed E-state index contributed by atoms with van der Waals surface area (Å²) in [7, 11) is -5.80. The lowest BCUT2D eigenvalue weighted by Gasteiger charge is -2.32. The highest BCUT2D eigenvalue weighted by molar-refractivity contribution is 7.86. The van der Waals surface area contributed by atoms with E-state index in [1.807, 2.05) is 0 Å². The van der Waals surface area contributed by atoms with Crippen molar-refractivity contribution in [3.05, 3.63) is 23.0 Å². The molecule has 0 amide bonds. The molecule has 0 saturated heterocycles. The topological polar surface area (TPSA) is 104 Å². The zero-order valence-corrected chi connectivity index (χ0v) is 12.2. The average molecular weight is 326 g/mol. The van der Waals surface area contributed by atoms with Crippen molar-refractivity contribution in [2.24, 2.45) is 5.92 Å². The van der Waals surface area contributed by atoms with Crippen LogP contribution >= 0.6 is 0 Å². The lowest BCUT2D eigenvalue weighted by atomic mass is 9.92. The van der Waals surface area contributed by atoms with Crippen LogP contribution in [0.15, 0.2) is 23.0 Å². The number of aliphatic hydroxyl groups excluding tert-OH is 2. The highest BCUT2D eigenvalue weighted by Crippen LogP contribution is 2.48. The molecule has 6 nitrogen and oxygen atoms in total. The summed E-state index contributed by atoms with van der Waals surface area (Å²) in [6.07, 6.45) is -0.973. The Bertz CT molecular complexity index is 624. The van der Waals surface area contributed by atoms with Crippen molar-refractivity contribution < 1.29 is 36.7 Å². The van der Waals surface area contributed by atoms with Crippen LogP contribution in [0.3, 0.4) is 0 Å². The summed E-state index contributed by atoms with van der Waals surface area (Å²) < 4.78 is 61.2. The second-order valence-electron chi connectivity index (χ2n) is 5.64. The smallest absolute Gasteiger partial charge is 0.418 e. The molecule has 0 aromatic heterocycles. The molecule has 0 radical (unpaired) electrons. The van der Waals surface area contributed by atoms with Gasteiger partial charge in [-0.05, 0) is 30.6 Å². The van der Waals surface area contributed by atoms with Gasteiger partial charge >= 0.3 is 15.4 Å². The summed E-state index contributed by atoms with van der Waals surface area (Å²) in [5, 5.41) is 14.4. The molecule has 2 aliphatic rings. The number of fused-ring (bicyclic) bond motifs is 1. The summed E-state index contributed by atoms with van der Waals surface area (Å²) in [5.74, 6) is -0.252. The SMILES string of the molecule is CC1CC(C)(OC(O)C(F)(F)S(=O)(=O)O)C=C2CC2=C1O. The van der Waals surface area contributed by atoms with Crippen molar-refractivity contribution in [3.63, 3.8) is 0 Å². The molecule has 0 aliphatic heterocycles. The Morgan fingerprint density at radius 2 is 2.10 bits per heavy atom. The predicted octanol–water partition coefficient (Wildman–Crippen LogP) is 1.74. The third-order valence-electron chi connectivity index (χ3n) is 3.61. The van der Waals surface area contributed by atoms with Crippen LogP contribution in [0.4, 0.5) is 8.78 Å². The van der Waals surface area contributed by atoms with E-state index in [-0.39, 0.29) is 12.2 Å². The third-order valence-corrected chi connectivity index (χ3v) is 4.50. The van der Waals surface area contributed by atoms with Gasteiger partial charge in [-0.25, -0.2) is 0 Å². The van der Waals surface area contributed by atoms with Crippen LogP contribution in [0.1, 0.15) is 26.7 Å². The highest BCUT2D eigenvalue weighted by Gasteiger charge is 2.54. The van der Waals surface area contributed by atoms with Gasteiger partial charge in [0.15, 0.2) is 0 Å². The van der Waals surface area contributed by atoms with Crippen LogP contribution in [0.2, 0.25) is 0 Å². The van der Waals surface area contributed by atoms with Crippen molar-refractivity contribution >= 4 is 10.1 Å². The lowest BCUT2D eigenvalue weighted by Crippen LogP contribution is -2.47. The summed E-state index contributed by atoms with van der Waals surface area (Å²) in [6.45, 7) is 3.06. The summed E-state index contributed by atoms with van der Waals surface area (Å²) in [4.78, 5) is 0. The Hall–Kier alpha value is -1.03. The Balaban J connectivity index is 2.22. The van der Waals surface area contributed by atoms with E-state index in [4.69, 9.17) is 9.29 Å². The molecular weight excluding hydrogens is 310 g/mol. The fourth-order valence-electron chi connectivity index (χ4n) is 2.50. The zero-order valence-electron chi connectivity index (χ0n) is 11.4. The molecule has 21 heavy (non-hydrogen) atoms. The van der Waals surface area contributed by atoms with Gasteiger partial charge in [0, 0.05) is 12.3 Å². The van der Waals surface area contributed by atoms with Gasteiger partial charge in [0.05, 0.1) is 11.4 Å². The van der Waals surface area contributed by atoms with Gasteiger partial charge in [0.1, 0.15) is 0 Å². The van der Waals surface area contributed by atoms with Crippen molar-refractivity contribution in [2.45, 2.75) is 43.8 Å². The Kier molecular flexibility index (Phi) is 3.68. The van der Waals surface area contributed by atoms with Gasteiger partial charge < -0.3 is 14.9 Å². The molecule has 9 heteroatoms. The minimum Gasteiger partial charge on any atom is -0.512 e. The number of halogens is 2. The number of hydrogen-bond donors (Lipinski definition) is 3. The van der Waals surface area contributed by atoms with E-state index in [2.05, 4.69) is 0 Å². The highest BCUT2D eigenvalue weighted by atomic mass is 32.2. The van der Waals surface area contributed by atoms with E-state index < -0.39 is 33.2 Å². The number of aliphatic hydroxyl groups is 2. The molecule has 2 aliphatic carbocycles. The van der Waals surface area contributed by atoms with E-state index in [9.17, 15) is 27.4 Å². The molecule has 3 N–H and O–H groups in total. The first kappa shape index (κ1) is 16.3. The molecule has 3 atom stereocenters. The van der Waals surface area contributed by atoms with Crippen LogP contribution in [0.5, 0.6) is 0 Å². The van der Waals surface area contributed by atoms with Crippen molar-refractivity contribution in [2.75, 3.05) is 0 Å². The fraction of sp³-hybridized carbons (Fsp3) is 0.667. The number of alkyl halides is 2. The van der Waals surface area contributed by atoms with Crippen LogP contribution in [-0.2, 0) is 14.9 Å².